The number of aryl methyl sites for hydroxylation is 3. The molecule has 2 rings (SSSR count). The minimum absolute atomic E-state index is 0.00255. The summed E-state index contributed by atoms with van der Waals surface area (Å²) >= 11 is 0. The Morgan fingerprint density at radius 3 is 2.79 bits per heavy atom. The molecule has 0 aliphatic heterocycles. The van der Waals surface area contributed by atoms with Crippen LogP contribution in [0.15, 0.2) is 18.3 Å². The van der Waals surface area contributed by atoms with Crippen LogP contribution in [0.4, 0.5) is 0 Å². The Bertz CT molecular complexity index is 589. The number of hydrogen-bond acceptors (Lipinski definition) is 4. The zero-order chi connectivity index (χ0) is 13.8. The first kappa shape index (κ1) is 13.4. The lowest BCUT2D eigenvalue weighted by Crippen LogP contribution is -2.11. The SMILES string of the molecule is CCc1cc(CC(=O)c2ccnc(C)n2)n(CC)n1. The summed E-state index contributed by atoms with van der Waals surface area (Å²) in [5.41, 5.74) is 2.43. The number of nitrogens with zero attached hydrogens (tertiary/aromatic N) is 4. The monoisotopic (exact) mass is 258 g/mol. The van der Waals surface area contributed by atoms with E-state index in [-0.39, 0.29) is 5.78 Å². The van der Waals surface area contributed by atoms with Crippen molar-refractivity contribution >= 4 is 5.78 Å². The minimum atomic E-state index is 0.00255. The third kappa shape index (κ3) is 3.05. The molecule has 5 heteroatoms. The van der Waals surface area contributed by atoms with Crippen LogP contribution in [0.1, 0.15) is 41.5 Å². The van der Waals surface area contributed by atoms with E-state index in [2.05, 4.69) is 22.0 Å². The van der Waals surface area contributed by atoms with Gasteiger partial charge in [-0.15, -0.1) is 0 Å². The number of carbonyl (C=O) groups excluding carboxylic acids is 1. The van der Waals surface area contributed by atoms with Crippen molar-refractivity contribution in [3.63, 3.8) is 0 Å². The van der Waals surface area contributed by atoms with Gasteiger partial charge in [-0.05, 0) is 32.4 Å². The van der Waals surface area contributed by atoms with Gasteiger partial charge in [0.1, 0.15) is 11.5 Å². The second kappa shape index (κ2) is 5.73. The molecule has 0 spiro atoms. The van der Waals surface area contributed by atoms with Gasteiger partial charge in [0.2, 0.25) is 0 Å². The van der Waals surface area contributed by atoms with E-state index in [9.17, 15) is 4.79 Å². The molecule has 0 aliphatic carbocycles. The Kier molecular flexibility index (Phi) is 4.04. The summed E-state index contributed by atoms with van der Waals surface area (Å²) in [5, 5.41) is 4.44. The van der Waals surface area contributed by atoms with Crippen molar-refractivity contribution in [2.24, 2.45) is 0 Å². The van der Waals surface area contributed by atoms with E-state index in [1.54, 1.807) is 19.2 Å². The van der Waals surface area contributed by atoms with E-state index in [0.29, 0.717) is 17.9 Å². The molecule has 0 saturated carbocycles. The zero-order valence-corrected chi connectivity index (χ0v) is 11.6. The first-order chi connectivity index (χ1) is 9.13. The van der Waals surface area contributed by atoms with Gasteiger partial charge < -0.3 is 0 Å². The third-order valence-corrected chi connectivity index (χ3v) is 2.98. The molecule has 0 N–H and O–H groups in total. The van der Waals surface area contributed by atoms with Crippen LogP contribution in [-0.4, -0.2) is 25.5 Å². The van der Waals surface area contributed by atoms with Crippen molar-refractivity contribution in [1.29, 1.82) is 0 Å². The lowest BCUT2D eigenvalue weighted by atomic mass is 10.1. The maximum Gasteiger partial charge on any atom is 0.187 e. The van der Waals surface area contributed by atoms with Crippen molar-refractivity contribution in [3.8, 4) is 0 Å². The third-order valence-electron chi connectivity index (χ3n) is 2.98. The fourth-order valence-electron chi connectivity index (χ4n) is 1.97. The summed E-state index contributed by atoms with van der Waals surface area (Å²) in [7, 11) is 0. The predicted molar refractivity (Wildman–Crippen MR) is 72.1 cm³/mol. The molecule has 2 heterocycles. The summed E-state index contributed by atoms with van der Waals surface area (Å²) in [5.74, 6) is 0.617. The van der Waals surface area contributed by atoms with Gasteiger partial charge in [-0.3, -0.25) is 9.48 Å². The predicted octanol–water partition coefficient (Wildman–Crippen LogP) is 1.99. The topological polar surface area (TPSA) is 60.7 Å². The first-order valence-electron chi connectivity index (χ1n) is 6.52. The largest absolute Gasteiger partial charge is 0.292 e. The van der Waals surface area contributed by atoms with Gasteiger partial charge in [-0.25, -0.2) is 9.97 Å². The molecule has 0 saturated heterocycles. The molecular formula is C14H18N4O. The normalized spacial score (nSPS) is 10.7. The number of rotatable bonds is 5. The fraction of sp³-hybridized carbons (Fsp3) is 0.429. The van der Waals surface area contributed by atoms with Crippen LogP contribution in [0.25, 0.3) is 0 Å². The van der Waals surface area contributed by atoms with E-state index in [1.807, 2.05) is 17.7 Å². The lowest BCUT2D eigenvalue weighted by molar-refractivity contribution is 0.0985. The van der Waals surface area contributed by atoms with Crippen LogP contribution in [0.5, 0.6) is 0 Å². The molecule has 0 amide bonds. The van der Waals surface area contributed by atoms with E-state index >= 15 is 0 Å². The van der Waals surface area contributed by atoms with Crippen LogP contribution in [-0.2, 0) is 19.4 Å². The molecule has 5 nitrogen and oxygen atoms in total. The summed E-state index contributed by atoms with van der Waals surface area (Å²) in [6, 6.07) is 3.65. The molecule has 0 atom stereocenters. The average molecular weight is 258 g/mol. The second-order valence-corrected chi connectivity index (χ2v) is 4.39. The molecule has 0 fully saturated rings. The number of aromatic nitrogens is 4. The van der Waals surface area contributed by atoms with E-state index in [1.165, 1.54) is 0 Å². The van der Waals surface area contributed by atoms with E-state index < -0.39 is 0 Å². The highest BCUT2D eigenvalue weighted by atomic mass is 16.1. The second-order valence-electron chi connectivity index (χ2n) is 4.39. The Balaban J connectivity index is 2.21. The van der Waals surface area contributed by atoms with Gasteiger partial charge >= 0.3 is 0 Å². The van der Waals surface area contributed by atoms with Gasteiger partial charge in [0.25, 0.3) is 0 Å². The number of ketones is 1. The zero-order valence-electron chi connectivity index (χ0n) is 11.6. The van der Waals surface area contributed by atoms with Crippen LogP contribution in [0, 0.1) is 6.92 Å². The standard InChI is InChI=1S/C14H18N4O/c1-4-11-8-12(18(5-2)17-11)9-14(19)13-6-7-15-10(3)16-13/h6-8H,4-5,9H2,1-3H3. The highest BCUT2D eigenvalue weighted by Crippen LogP contribution is 2.09. The van der Waals surface area contributed by atoms with Gasteiger partial charge in [0.05, 0.1) is 12.1 Å². The van der Waals surface area contributed by atoms with Gasteiger partial charge in [0.15, 0.2) is 5.78 Å². The molecule has 2 aromatic rings. The van der Waals surface area contributed by atoms with Crippen molar-refractivity contribution in [2.45, 2.75) is 40.2 Å². The highest BCUT2D eigenvalue weighted by molar-refractivity contribution is 5.95. The van der Waals surface area contributed by atoms with Crippen molar-refractivity contribution in [2.75, 3.05) is 0 Å². The molecule has 0 aliphatic rings. The summed E-state index contributed by atoms with van der Waals surface area (Å²) in [6.45, 7) is 6.63. The molecule has 0 radical (unpaired) electrons. The average Bonchev–Trinajstić information content (AvgIpc) is 2.81. The van der Waals surface area contributed by atoms with Crippen LogP contribution in [0.2, 0.25) is 0 Å². The molecular weight excluding hydrogens is 240 g/mol. The van der Waals surface area contributed by atoms with Crippen LogP contribution < -0.4 is 0 Å². The number of Topliss-reactive ketones (excluding diaryl/α,β-unsaturated/α-hetero) is 1. The first-order valence-corrected chi connectivity index (χ1v) is 6.52. The van der Waals surface area contributed by atoms with Crippen LogP contribution in [0.3, 0.4) is 0 Å². The summed E-state index contributed by atoms with van der Waals surface area (Å²) in [4.78, 5) is 20.4. The molecule has 0 unspecified atom stereocenters. The Morgan fingerprint density at radius 2 is 2.16 bits per heavy atom. The van der Waals surface area contributed by atoms with Gasteiger partial charge in [-0.2, -0.15) is 5.10 Å². The summed E-state index contributed by atoms with van der Waals surface area (Å²) in [6.07, 6.45) is 2.82. The molecule has 100 valence electrons. The number of hydrogen-bond donors (Lipinski definition) is 0. The molecule has 0 aromatic carbocycles. The lowest BCUT2D eigenvalue weighted by Gasteiger charge is -2.04. The quantitative estimate of drug-likeness (QED) is 0.769. The van der Waals surface area contributed by atoms with Crippen LogP contribution >= 0.6 is 0 Å². The van der Waals surface area contributed by atoms with Crippen molar-refractivity contribution < 1.29 is 4.79 Å². The van der Waals surface area contributed by atoms with Crippen molar-refractivity contribution in [1.82, 2.24) is 19.7 Å². The molecule has 2 aromatic heterocycles. The fourth-order valence-corrected chi connectivity index (χ4v) is 1.97. The Morgan fingerprint density at radius 1 is 1.37 bits per heavy atom. The highest BCUT2D eigenvalue weighted by Gasteiger charge is 2.13. The Labute approximate surface area is 112 Å². The van der Waals surface area contributed by atoms with Gasteiger partial charge in [0, 0.05) is 18.4 Å². The number of carbonyl (C=O) groups is 1. The smallest absolute Gasteiger partial charge is 0.187 e. The van der Waals surface area contributed by atoms with E-state index in [4.69, 9.17) is 0 Å². The minimum Gasteiger partial charge on any atom is -0.292 e. The maximum atomic E-state index is 12.2. The van der Waals surface area contributed by atoms with Crippen molar-refractivity contribution in [3.05, 3.63) is 41.2 Å². The van der Waals surface area contributed by atoms with E-state index in [0.717, 1.165) is 24.4 Å². The van der Waals surface area contributed by atoms with Gasteiger partial charge in [-0.1, -0.05) is 6.92 Å². The summed E-state index contributed by atoms with van der Waals surface area (Å²) < 4.78 is 1.88. The Hall–Kier alpha value is -2.04. The molecule has 19 heavy (non-hydrogen) atoms. The maximum absolute atomic E-state index is 12.2. The molecule has 0 bridgehead atoms.